The maximum Gasteiger partial charge on any atom is 0.335 e. The molecule has 1 aliphatic heterocycles. The number of aryl methyl sites for hydroxylation is 1. The first-order valence-electron chi connectivity index (χ1n) is 9.37. The van der Waals surface area contributed by atoms with E-state index in [1.807, 2.05) is 0 Å². The molecule has 0 aliphatic carbocycles. The summed E-state index contributed by atoms with van der Waals surface area (Å²) in [5.74, 6) is -1.58. The molecule has 0 atom stereocenters. The molecular formula is C22H13Cl2N3O6. The molecule has 2 heterocycles. The van der Waals surface area contributed by atoms with Crippen molar-refractivity contribution < 1.29 is 23.7 Å². The summed E-state index contributed by atoms with van der Waals surface area (Å²) in [6.07, 6.45) is 1.15. The summed E-state index contributed by atoms with van der Waals surface area (Å²) >= 11 is 11.9. The van der Waals surface area contributed by atoms with Gasteiger partial charge in [0.2, 0.25) is 0 Å². The van der Waals surface area contributed by atoms with Gasteiger partial charge in [0.15, 0.2) is 0 Å². The maximum absolute atomic E-state index is 13.0. The number of hydrogen-bond donors (Lipinski definition) is 1. The molecule has 3 aromatic rings. The van der Waals surface area contributed by atoms with E-state index in [1.54, 1.807) is 13.0 Å². The zero-order valence-electron chi connectivity index (χ0n) is 16.8. The predicted molar refractivity (Wildman–Crippen MR) is 121 cm³/mol. The number of carbonyl (C=O) groups excluding carboxylic acids is 3. The smallest absolute Gasteiger partial charge is 0.335 e. The number of furan rings is 1. The summed E-state index contributed by atoms with van der Waals surface area (Å²) in [6.45, 7) is 1.76. The number of nitro benzene ring substituents is 1. The van der Waals surface area contributed by atoms with Crippen molar-refractivity contribution in [3.05, 3.63) is 85.6 Å². The average Bonchev–Trinajstić information content (AvgIpc) is 3.22. The number of imide groups is 2. The fourth-order valence-electron chi connectivity index (χ4n) is 3.19. The van der Waals surface area contributed by atoms with Crippen LogP contribution in [0, 0.1) is 17.0 Å². The molecule has 1 aromatic heterocycles. The quantitative estimate of drug-likeness (QED) is 0.236. The van der Waals surface area contributed by atoms with Crippen LogP contribution in [0.3, 0.4) is 0 Å². The number of amides is 4. The number of nitro groups is 1. The first kappa shape index (κ1) is 22.3. The SMILES string of the molecule is Cc1ccc(N2C(=O)NC(=O)/C(=C/c3ccc(-c4ccc(Cl)cc4[N+](=O)[O-])o3)C2=O)cc1Cl. The minimum absolute atomic E-state index is 0.0731. The van der Waals surface area contributed by atoms with E-state index in [4.69, 9.17) is 27.6 Å². The van der Waals surface area contributed by atoms with Crippen molar-refractivity contribution in [2.75, 3.05) is 4.90 Å². The molecule has 166 valence electrons. The van der Waals surface area contributed by atoms with E-state index in [1.165, 1.54) is 42.5 Å². The van der Waals surface area contributed by atoms with Crippen molar-refractivity contribution in [3.63, 3.8) is 0 Å². The Hall–Kier alpha value is -3.95. The van der Waals surface area contributed by atoms with Crippen molar-refractivity contribution in [1.29, 1.82) is 0 Å². The van der Waals surface area contributed by atoms with E-state index in [0.29, 0.717) is 5.02 Å². The van der Waals surface area contributed by atoms with Gasteiger partial charge in [-0.1, -0.05) is 29.3 Å². The zero-order valence-corrected chi connectivity index (χ0v) is 18.3. The summed E-state index contributed by atoms with van der Waals surface area (Å²) in [5, 5.41) is 14.0. The molecular weight excluding hydrogens is 473 g/mol. The van der Waals surface area contributed by atoms with Crippen LogP contribution in [-0.2, 0) is 9.59 Å². The number of barbiturate groups is 1. The van der Waals surface area contributed by atoms with Crippen LogP contribution < -0.4 is 10.2 Å². The highest BCUT2D eigenvalue weighted by molar-refractivity contribution is 6.39. The van der Waals surface area contributed by atoms with E-state index < -0.39 is 22.8 Å². The Balaban J connectivity index is 1.71. The minimum Gasteiger partial charge on any atom is -0.456 e. The third-order valence-corrected chi connectivity index (χ3v) is 5.49. The normalized spacial score (nSPS) is 15.2. The molecule has 11 heteroatoms. The zero-order chi connectivity index (χ0) is 23.9. The molecule has 0 unspecified atom stereocenters. The van der Waals surface area contributed by atoms with E-state index in [0.717, 1.165) is 16.5 Å². The van der Waals surface area contributed by atoms with Crippen molar-refractivity contribution >= 4 is 58.5 Å². The van der Waals surface area contributed by atoms with Gasteiger partial charge in [0.05, 0.1) is 16.2 Å². The topological polar surface area (TPSA) is 123 Å². The fourth-order valence-corrected chi connectivity index (χ4v) is 3.54. The highest BCUT2D eigenvalue weighted by Crippen LogP contribution is 2.34. The molecule has 0 spiro atoms. The minimum atomic E-state index is -0.918. The van der Waals surface area contributed by atoms with Crippen LogP contribution in [0.1, 0.15) is 11.3 Å². The summed E-state index contributed by atoms with van der Waals surface area (Å²) in [4.78, 5) is 49.2. The van der Waals surface area contributed by atoms with Crippen LogP contribution in [0.25, 0.3) is 17.4 Å². The first-order valence-corrected chi connectivity index (χ1v) is 10.1. The summed E-state index contributed by atoms with van der Waals surface area (Å²) in [5.41, 5.74) is 0.466. The van der Waals surface area contributed by atoms with E-state index in [-0.39, 0.29) is 39.1 Å². The van der Waals surface area contributed by atoms with Crippen LogP contribution in [0.4, 0.5) is 16.2 Å². The molecule has 4 rings (SSSR count). The molecule has 1 N–H and O–H groups in total. The summed E-state index contributed by atoms with van der Waals surface area (Å²) in [7, 11) is 0. The Morgan fingerprint density at radius 2 is 1.82 bits per heavy atom. The van der Waals surface area contributed by atoms with Gasteiger partial charge in [-0.05, 0) is 55.0 Å². The lowest BCUT2D eigenvalue weighted by molar-refractivity contribution is -0.384. The summed E-state index contributed by atoms with van der Waals surface area (Å²) < 4.78 is 5.62. The second kappa shape index (κ2) is 8.53. The number of rotatable bonds is 4. The van der Waals surface area contributed by atoms with Gasteiger partial charge in [-0.3, -0.25) is 25.0 Å². The Labute approximate surface area is 196 Å². The van der Waals surface area contributed by atoms with Gasteiger partial charge in [-0.15, -0.1) is 0 Å². The fraction of sp³-hybridized carbons (Fsp3) is 0.0455. The van der Waals surface area contributed by atoms with Gasteiger partial charge >= 0.3 is 6.03 Å². The monoisotopic (exact) mass is 485 g/mol. The van der Waals surface area contributed by atoms with Crippen LogP contribution in [0.2, 0.25) is 10.0 Å². The molecule has 1 aliphatic rings. The largest absolute Gasteiger partial charge is 0.456 e. The molecule has 1 fully saturated rings. The number of hydrogen-bond acceptors (Lipinski definition) is 6. The van der Waals surface area contributed by atoms with Crippen molar-refractivity contribution in [2.24, 2.45) is 0 Å². The third-order valence-electron chi connectivity index (χ3n) is 4.85. The Morgan fingerprint density at radius 3 is 2.52 bits per heavy atom. The number of carbonyl (C=O) groups is 3. The van der Waals surface area contributed by atoms with E-state index in [9.17, 15) is 24.5 Å². The lowest BCUT2D eigenvalue weighted by Crippen LogP contribution is -2.54. The first-order chi connectivity index (χ1) is 15.7. The standard InChI is InChI=1S/C22H13Cl2N3O6/c1-11-2-4-13(9-17(11)24)26-21(29)16(20(28)25-22(26)30)10-14-5-7-19(33-14)15-6-3-12(23)8-18(15)27(31)32/h2-10H,1H3,(H,25,28,30)/b16-10-. The van der Waals surface area contributed by atoms with Gasteiger partial charge in [0.25, 0.3) is 17.5 Å². The number of nitrogens with zero attached hydrogens (tertiary/aromatic N) is 2. The van der Waals surface area contributed by atoms with Crippen LogP contribution in [-0.4, -0.2) is 22.8 Å². The summed E-state index contributed by atoms with van der Waals surface area (Å²) in [6, 6.07) is 10.7. The van der Waals surface area contributed by atoms with Crippen LogP contribution >= 0.6 is 23.2 Å². The lowest BCUT2D eigenvalue weighted by Gasteiger charge is -2.26. The van der Waals surface area contributed by atoms with Crippen molar-refractivity contribution in [3.8, 4) is 11.3 Å². The van der Waals surface area contributed by atoms with E-state index in [2.05, 4.69) is 5.32 Å². The number of halogens is 2. The molecule has 4 amide bonds. The highest BCUT2D eigenvalue weighted by atomic mass is 35.5. The van der Waals surface area contributed by atoms with Crippen LogP contribution in [0.15, 0.2) is 58.5 Å². The Kier molecular flexibility index (Phi) is 5.75. The van der Waals surface area contributed by atoms with E-state index >= 15 is 0 Å². The number of urea groups is 1. The molecule has 33 heavy (non-hydrogen) atoms. The van der Waals surface area contributed by atoms with Gasteiger partial charge in [-0.25, -0.2) is 9.69 Å². The molecule has 9 nitrogen and oxygen atoms in total. The number of anilines is 1. The Bertz CT molecular complexity index is 1380. The van der Waals surface area contributed by atoms with Crippen molar-refractivity contribution in [1.82, 2.24) is 5.32 Å². The molecule has 1 saturated heterocycles. The van der Waals surface area contributed by atoms with Crippen LogP contribution in [0.5, 0.6) is 0 Å². The Morgan fingerprint density at radius 1 is 1.06 bits per heavy atom. The third kappa shape index (κ3) is 4.23. The molecule has 0 bridgehead atoms. The molecule has 2 aromatic carbocycles. The maximum atomic E-state index is 13.0. The number of nitrogens with one attached hydrogen (secondary N) is 1. The lowest BCUT2D eigenvalue weighted by atomic mass is 10.1. The highest BCUT2D eigenvalue weighted by Gasteiger charge is 2.37. The van der Waals surface area contributed by atoms with Gasteiger partial charge in [-0.2, -0.15) is 0 Å². The molecule has 0 saturated carbocycles. The van der Waals surface area contributed by atoms with Gasteiger partial charge in [0.1, 0.15) is 17.1 Å². The van der Waals surface area contributed by atoms with Gasteiger partial charge in [0, 0.05) is 16.1 Å². The number of benzene rings is 2. The molecule has 0 radical (unpaired) electrons. The van der Waals surface area contributed by atoms with Crippen molar-refractivity contribution in [2.45, 2.75) is 6.92 Å². The van der Waals surface area contributed by atoms with Gasteiger partial charge < -0.3 is 4.42 Å². The second-order valence-electron chi connectivity index (χ2n) is 7.01. The average molecular weight is 486 g/mol. The second-order valence-corrected chi connectivity index (χ2v) is 7.86. The predicted octanol–water partition coefficient (Wildman–Crippen LogP) is 5.14.